The normalized spacial score (nSPS) is 11.0. The zero-order valence-corrected chi connectivity index (χ0v) is 19.7. The van der Waals surface area contributed by atoms with E-state index in [1.165, 1.54) is 12.1 Å². The number of carbonyl (C=O) groups excluding carboxylic acids is 1. The van der Waals surface area contributed by atoms with Crippen LogP contribution in [-0.2, 0) is 29.0 Å². The highest BCUT2D eigenvalue weighted by atomic mass is 16.6. The molecule has 0 spiro atoms. The minimum Gasteiger partial charge on any atom is -0.464 e. The van der Waals surface area contributed by atoms with Gasteiger partial charge in [0, 0.05) is 38.9 Å². The van der Waals surface area contributed by atoms with Crippen molar-refractivity contribution in [2.45, 2.75) is 26.4 Å². The fourth-order valence-corrected chi connectivity index (χ4v) is 3.67. The molecule has 1 heterocycles. The number of non-ortho nitro benzene ring substituents is 1. The number of nitro groups is 1. The Morgan fingerprint density at radius 3 is 2.32 bits per heavy atom. The number of methoxy groups -OCH3 is 1. The summed E-state index contributed by atoms with van der Waals surface area (Å²) in [5, 5.41) is 10.9. The summed E-state index contributed by atoms with van der Waals surface area (Å²) in [5.74, 6) is 1.55. The molecule has 8 nitrogen and oxygen atoms in total. The fourth-order valence-electron chi connectivity index (χ4n) is 3.67. The van der Waals surface area contributed by atoms with Crippen LogP contribution in [0.2, 0.25) is 0 Å². The second kappa shape index (κ2) is 12.7. The summed E-state index contributed by atoms with van der Waals surface area (Å²) in [5.41, 5.74) is 2.11. The first-order valence-electron chi connectivity index (χ1n) is 11.3. The number of benzene rings is 2. The Hall–Kier alpha value is -3.49. The largest absolute Gasteiger partial charge is 0.464 e. The number of nitro benzene ring substituents is 1. The van der Waals surface area contributed by atoms with Crippen LogP contribution in [0.5, 0.6) is 0 Å². The molecule has 0 N–H and O–H groups in total. The molecule has 180 valence electrons. The zero-order chi connectivity index (χ0) is 24.3. The number of ether oxygens (including phenoxy) is 1. The quantitative estimate of drug-likeness (QED) is 0.277. The van der Waals surface area contributed by atoms with Gasteiger partial charge in [0.2, 0.25) is 5.91 Å². The third-order valence-electron chi connectivity index (χ3n) is 5.53. The van der Waals surface area contributed by atoms with Gasteiger partial charge in [-0.2, -0.15) is 0 Å². The topological polar surface area (TPSA) is 89.1 Å². The molecule has 0 bridgehead atoms. The Bertz CT molecular complexity index is 1050. The van der Waals surface area contributed by atoms with Gasteiger partial charge in [-0.25, -0.2) is 0 Å². The van der Waals surface area contributed by atoms with Crippen molar-refractivity contribution in [2.24, 2.45) is 0 Å². The minimum absolute atomic E-state index is 0.0111. The van der Waals surface area contributed by atoms with E-state index >= 15 is 0 Å². The highest BCUT2D eigenvalue weighted by molar-refractivity contribution is 5.78. The Morgan fingerprint density at radius 1 is 0.971 bits per heavy atom. The average molecular weight is 466 g/mol. The van der Waals surface area contributed by atoms with Crippen molar-refractivity contribution >= 4 is 11.6 Å². The van der Waals surface area contributed by atoms with Gasteiger partial charge in [0.05, 0.1) is 24.6 Å². The summed E-state index contributed by atoms with van der Waals surface area (Å²) in [6, 6.07) is 20.3. The van der Waals surface area contributed by atoms with Gasteiger partial charge in [-0.15, -0.1) is 0 Å². The standard InChI is InChI=1S/C26H31N3O5/c1-21-8-13-25(34-21)19-28(15-14-22-6-4-3-5-7-22)26(30)20-27(16-17-33-2)18-23-9-11-24(12-10-23)29(31)32/h3-13H,14-20H2,1-2H3. The maximum absolute atomic E-state index is 13.4. The van der Waals surface area contributed by atoms with Gasteiger partial charge in [-0.05, 0) is 36.6 Å². The lowest BCUT2D eigenvalue weighted by Crippen LogP contribution is -2.41. The maximum atomic E-state index is 13.4. The third kappa shape index (κ3) is 7.83. The first-order valence-corrected chi connectivity index (χ1v) is 11.3. The smallest absolute Gasteiger partial charge is 0.269 e. The molecule has 0 unspecified atom stereocenters. The highest BCUT2D eigenvalue weighted by Gasteiger charge is 2.20. The van der Waals surface area contributed by atoms with Crippen LogP contribution >= 0.6 is 0 Å². The Labute approximate surface area is 199 Å². The zero-order valence-electron chi connectivity index (χ0n) is 19.7. The first-order chi connectivity index (χ1) is 16.4. The number of hydrogen-bond donors (Lipinski definition) is 0. The number of furan rings is 1. The Morgan fingerprint density at radius 2 is 1.71 bits per heavy atom. The lowest BCUT2D eigenvalue weighted by Gasteiger charge is -2.27. The van der Waals surface area contributed by atoms with Gasteiger partial charge < -0.3 is 14.1 Å². The molecule has 0 aliphatic rings. The van der Waals surface area contributed by atoms with Gasteiger partial charge in [-0.3, -0.25) is 19.8 Å². The summed E-state index contributed by atoms with van der Waals surface area (Å²) in [7, 11) is 1.62. The SMILES string of the molecule is COCCN(CC(=O)N(CCc1ccccc1)Cc1ccc(C)o1)Cc1ccc([N+](=O)[O-])cc1. The summed E-state index contributed by atoms with van der Waals surface area (Å²) in [6.45, 7) is 4.57. The van der Waals surface area contributed by atoms with Crippen molar-refractivity contribution in [1.82, 2.24) is 9.80 Å². The molecule has 0 aliphatic heterocycles. The predicted octanol–water partition coefficient (Wildman–Crippen LogP) is 4.22. The van der Waals surface area contributed by atoms with Crippen molar-refractivity contribution in [3.63, 3.8) is 0 Å². The van der Waals surface area contributed by atoms with E-state index in [2.05, 4.69) is 12.1 Å². The number of amides is 1. The van der Waals surface area contributed by atoms with Crippen LogP contribution in [0, 0.1) is 17.0 Å². The molecule has 3 rings (SSSR count). The molecule has 34 heavy (non-hydrogen) atoms. The van der Waals surface area contributed by atoms with E-state index in [4.69, 9.17) is 9.15 Å². The minimum atomic E-state index is -0.420. The van der Waals surface area contributed by atoms with E-state index in [9.17, 15) is 14.9 Å². The van der Waals surface area contributed by atoms with Crippen LogP contribution < -0.4 is 0 Å². The van der Waals surface area contributed by atoms with E-state index in [-0.39, 0.29) is 18.1 Å². The number of aryl methyl sites for hydroxylation is 1. The maximum Gasteiger partial charge on any atom is 0.269 e. The number of hydrogen-bond acceptors (Lipinski definition) is 6. The molecular weight excluding hydrogens is 434 g/mol. The van der Waals surface area contributed by atoms with E-state index in [1.54, 1.807) is 19.2 Å². The van der Waals surface area contributed by atoms with Crippen molar-refractivity contribution in [3.05, 3.63) is 99.5 Å². The van der Waals surface area contributed by atoms with Crippen molar-refractivity contribution in [1.29, 1.82) is 0 Å². The molecule has 0 radical (unpaired) electrons. The molecule has 1 aromatic heterocycles. The van der Waals surface area contributed by atoms with Crippen LogP contribution in [0.1, 0.15) is 22.6 Å². The summed E-state index contributed by atoms with van der Waals surface area (Å²) >= 11 is 0. The summed E-state index contributed by atoms with van der Waals surface area (Å²) < 4.78 is 11.0. The molecule has 0 atom stereocenters. The van der Waals surface area contributed by atoms with Gasteiger partial charge >= 0.3 is 0 Å². The summed E-state index contributed by atoms with van der Waals surface area (Å²) in [6.07, 6.45) is 0.743. The van der Waals surface area contributed by atoms with Crippen molar-refractivity contribution < 1.29 is 18.9 Å². The molecule has 3 aromatic rings. The van der Waals surface area contributed by atoms with Crippen LogP contribution in [0.4, 0.5) is 5.69 Å². The van der Waals surface area contributed by atoms with Gasteiger partial charge in [-0.1, -0.05) is 42.5 Å². The third-order valence-corrected chi connectivity index (χ3v) is 5.53. The lowest BCUT2D eigenvalue weighted by molar-refractivity contribution is -0.384. The number of carbonyl (C=O) groups is 1. The summed E-state index contributed by atoms with van der Waals surface area (Å²) in [4.78, 5) is 27.7. The molecule has 2 aromatic carbocycles. The van der Waals surface area contributed by atoms with E-state index in [1.807, 2.05) is 47.1 Å². The number of rotatable bonds is 13. The molecule has 0 aliphatic carbocycles. The Kier molecular flexibility index (Phi) is 9.37. The van der Waals surface area contributed by atoms with Crippen molar-refractivity contribution in [3.8, 4) is 0 Å². The second-order valence-electron chi connectivity index (χ2n) is 8.19. The molecule has 0 fully saturated rings. The van der Waals surface area contributed by atoms with Crippen LogP contribution in [0.3, 0.4) is 0 Å². The van der Waals surface area contributed by atoms with Crippen LogP contribution in [-0.4, -0.2) is 54.0 Å². The molecular formula is C26H31N3O5. The first kappa shape index (κ1) is 25.1. The van der Waals surface area contributed by atoms with E-state index in [0.717, 1.165) is 29.1 Å². The fraction of sp³-hybridized carbons (Fsp3) is 0.346. The van der Waals surface area contributed by atoms with Gasteiger partial charge in [0.15, 0.2) is 0 Å². The second-order valence-corrected chi connectivity index (χ2v) is 8.19. The van der Waals surface area contributed by atoms with E-state index < -0.39 is 4.92 Å². The van der Waals surface area contributed by atoms with Crippen LogP contribution in [0.25, 0.3) is 0 Å². The highest BCUT2D eigenvalue weighted by Crippen LogP contribution is 2.15. The van der Waals surface area contributed by atoms with Crippen LogP contribution in [0.15, 0.2) is 71.1 Å². The molecule has 1 amide bonds. The Balaban J connectivity index is 1.70. The monoisotopic (exact) mass is 465 g/mol. The van der Waals surface area contributed by atoms with E-state index in [0.29, 0.717) is 32.8 Å². The lowest BCUT2D eigenvalue weighted by atomic mass is 10.1. The molecule has 8 heteroatoms. The number of nitrogens with zero attached hydrogens (tertiary/aromatic N) is 3. The molecule has 0 saturated carbocycles. The predicted molar refractivity (Wildman–Crippen MR) is 129 cm³/mol. The van der Waals surface area contributed by atoms with Gasteiger partial charge in [0.25, 0.3) is 5.69 Å². The average Bonchev–Trinajstić information content (AvgIpc) is 3.25. The van der Waals surface area contributed by atoms with Gasteiger partial charge in [0.1, 0.15) is 11.5 Å². The molecule has 0 saturated heterocycles. The van der Waals surface area contributed by atoms with Crippen molar-refractivity contribution in [2.75, 3.05) is 33.4 Å².